The fourth-order valence-electron chi connectivity index (χ4n) is 2.60. The first-order valence-electron chi connectivity index (χ1n) is 6.52. The van der Waals surface area contributed by atoms with E-state index < -0.39 is 0 Å². The highest BCUT2D eigenvalue weighted by molar-refractivity contribution is 6.35. The Morgan fingerprint density at radius 3 is 2.89 bits per heavy atom. The smallest absolute Gasteiger partial charge is 0.0647 e. The van der Waals surface area contributed by atoms with Crippen molar-refractivity contribution < 1.29 is 0 Å². The molecule has 0 radical (unpaired) electrons. The maximum absolute atomic E-state index is 6.17. The van der Waals surface area contributed by atoms with Gasteiger partial charge in [-0.15, -0.1) is 0 Å². The van der Waals surface area contributed by atoms with E-state index in [4.69, 9.17) is 11.6 Å². The van der Waals surface area contributed by atoms with E-state index in [1.807, 2.05) is 12.1 Å². The van der Waals surface area contributed by atoms with Gasteiger partial charge < -0.3 is 15.2 Å². The maximum atomic E-state index is 6.17. The molecule has 2 N–H and O–H groups in total. The van der Waals surface area contributed by atoms with E-state index in [2.05, 4.69) is 27.5 Å². The molecule has 0 saturated carbocycles. The number of aromatic nitrogens is 1. The lowest BCUT2D eigenvalue weighted by molar-refractivity contribution is 0.244. The van der Waals surface area contributed by atoms with Gasteiger partial charge in [0.25, 0.3) is 0 Å². The van der Waals surface area contributed by atoms with Crippen LogP contribution in [-0.4, -0.2) is 42.6 Å². The highest BCUT2D eigenvalue weighted by Gasteiger charge is 2.11. The molecule has 4 heteroatoms. The van der Waals surface area contributed by atoms with Crippen molar-refractivity contribution in [3.05, 3.63) is 35.0 Å². The van der Waals surface area contributed by atoms with E-state index in [0.29, 0.717) is 0 Å². The van der Waals surface area contributed by atoms with E-state index in [1.54, 1.807) is 0 Å². The predicted molar refractivity (Wildman–Crippen MR) is 76.3 cm³/mol. The maximum Gasteiger partial charge on any atom is 0.0647 e. The van der Waals surface area contributed by atoms with E-state index in [0.717, 1.165) is 49.7 Å². The average molecular weight is 264 g/mol. The Morgan fingerprint density at radius 1 is 1.22 bits per heavy atom. The van der Waals surface area contributed by atoms with Crippen LogP contribution in [0.4, 0.5) is 0 Å². The van der Waals surface area contributed by atoms with E-state index in [-0.39, 0.29) is 0 Å². The Balaban J connectivity index is 1.72. The number of fused-ring (bicyclic) bond motifs is 1. The lowest BCUT2D eigenvalue weighted by Crippen LogP contribution is -2.44. The number of para-hydroxylation sites is 1. The number of H-pyrrole nitrogens is 1. The van der Waals surface area contributed by atoms with Gasteiger partial charge in [-0.05, 0) is 18.1 Å². The van der Waals surface area contributed by atoms with Gasteiger partial charge in [0.1, 0.15) is 0 Å². The summed E-state index contributed by atoms with van der Waals surface area (Å²) in [6.45, 7) is 5.66. The Labute approximate surface area is 112 Å². The number of nitrogens with one attached hydrogen (secondary N) is 2. The molecule has 1 aromatic heterocycles. The predicted octanol–water partition coefficient (Wildman–Crippen LogP) is 2.27. The van der Waals surface area contributed by atoms with Crippen LogP contribution in [0.2, 0.25) is 5.02 Å². The van der Waals surface area contributed by atoms with E-state index >= 15 is 0 Å². The van der Waals surface area contributed by atoms with Gasteiger partial charge in [-0.1, -0.05) is 23.7 Å². The van der Waals surface area contributed by atoms with Crippen LogP contribution in [0.25, 0.3) is 10.9 Å². The second kappa shape index (κ2) is 5.31. The van der Waals surface area contributed by atoms with Gasteiger partial charge in [-0.2, -0.15) is 0 Å². The van der Waals surface area contributed by atoms with Crippen molar-refractivity contribution in [3.63, 3.8) is 0 Å². The van der Waals surface area contributed by atoms with Gasteiger partial charge in [-0.25, -0.2) is 0 Å². The average Bonchev–Trinajstić information content (AvgIpc) is 2.82. The molecule has 2 aromatic rings. The Kier molecular flexibility index (Phi) is 3.55. The van der Waals surface area contributed by atoms with Gasteiger partial charge >= 0.3 is 0 Å². The molecule has 2 heterocycles. The van der Waals surface area contributed by atoms with Crippen molar-refractivity contribution in [2.75, 3.05) is 32.7 Å². The first kappa shape index (κ1) is 12.0. The molecule has 0 spiro atoms. The Hall–Kier alpha value is -1.03. The summed E-state index contributed by atoms with van der Waals surface area (Å²) in [6.07, 6.45) is 3.18. The molecule has 0 unspecified atom stereocenters. The fourth-order valence-corrected chi connectivity index (χ4v) is 2.82. The molecule has 0 atom stereocenters. The van der Waals surface area contributed by atoms with Crippen molar-refractivity contribution in [1.29, 1.82) is 0 Å². The number of nitrogens with zero attached hydrogens (tertiary/aromatic N) is 1. The molecule has 3 rings (SSSR count). The van der Waals surface area contributed by atoms with Crippen LogP contribution in [-0.2, 0) is 6.42 Å². The number of benzene rings is 1. The van der Waals surface area contributed by atoms with Gasteiger partial charge in [0.05, 0.1) is 10.5 Å². The molecule has 96 valence electrons. The van der Waals surface area contributed by atoms with Crippen LogP contribution < -0.4 is 5.32 Å². The molecule has 0 bridgehead atoms. The molecule has 18 heavy (non-hydrogen) atoms. The highest BCUT2D eigenvalue weighted by Crippen LogP contribution is 2.25. The fraction of sp³-hybridized carbons (Fsp3) is 0.429. The van der Waals surface area contributed by atoms with Gasteiger partial charge in [0.2, 0.25) is 0 Å². The normalized spacial score (nSPS) is 17.4. The first-order valence-corrected chi connectivity index (χ1v) is 6.90. The van der Waals surface area contributed by atoms with Crippen LogP contribution in [0.5, 0.6) is 0 Å². The zero-order valence-corrected chi connectivity index (χ0v) is 11.1. The molecular weight excluding hydrogens is 246 g/mol. The number of aromatic amines is 1. The zero-order chi connectivity index (χ0) is 12.4. The minimum Gasteiger partial charge on any atom is -0.360 e. The summed E-state index contributed by atoms with van der Waals surface area (Å²) in [7, 11) is 0. The van der Waals surface area contributed by atoms with Crippen molar-refractivity contribution in [3.8, 4) is 0 Å². The van der Waals surface area contributed by atoms with E-state index in [1.165, 1.54) is 10.9 Å². The minimum atomic E-state index is 0.806. The first-order chi connectivity index (χ1) is 8.84. The van der Waals surface area contributed by atoms with Gasteiger partial charge in [0.15, 0.2) is 0 Å². The number of hydrogen-bond acceptors (Lipinski definition) is 2. The number of halogens is 1. The summed E-state index contributed by atoms with van der Waals surface area (Å²) < 4.78 is 0. The summed E-state index contributed by atoms with van der Waals surface area (Å²) >= 11 is 6.17. The van der Waals surface area contributed by atoms with Crippen LogP contribution in [0.15, 0.2) is 24.4 Å². The van der Waals surface area contributed by atoms with Crippen molar-refractivity contribution >= 4 is 22.5 Å². The van der Waals surface area contributed by atoms with Crippen LogP contribution in [0.3, 0.4) is 0 Å². The second-order valence-corrected chi connectivity index (χ2v) is 5.23. The van der Waals surface area contributed by atoms with Crippen LogP contribution in [0, 0.1) is 0 Å². The molecule has 0 amide bonds. The van der Waals surface area contributed by atoms with Gasteiger partial charge in [0, 0.05) is 44.3 Å². The third-order valence-electron chi connectivity index (χ3n) is 3.66. The SMILES string of the molecule is Clc1cccc2c(CCN3CCNCC3)c[nH]c12. The monoisotopic (exact) mass is 263 g/mol. The van der Waals surface area contributed by atoms with Gasteiger partial charge in [-0.3, -0.25) is 0 Å². The largest absolute Gasteiger partial charge is 0.360 e. The minimum absolute atomic E-state index is 0.806. The summed E-state index contributed by atoms with van der Waals surface area (Å²) in [5.74, 6) is 0. The quantitative estimate of drug-likeness (QED) is 0.890. The lowest BCUT2D eigenvalue weighted by Gasteiger charge is -2.26. The van der Waals surface area contributed by atoms with Crippen molar-refractivity contribution in [1.82, 2.24) is 15.2 Å². The molecule has 1 aromatic carbocycles. The lowest BCUT2D eigenvalue weighted by atomic mass is 10.1. The standard InChI is InChI=1S/C14H18ClN3/c15-13-3-1-2-12-11(10-17-14(12)13)4-7-18-8-5-16-6-9-18/h1-3,10,16-17H,4-9H2. The summed E-state index contributed by atoms with van der Waals surface area (Å²) in [5.41, 5.74) is 2.43. The van der Waals surface area contributed by atoms with Crippen LogP contribution in [0.1, 0.15) is 5.56 Å². The van der Waals surface area contributed by atoms with Crippen LogP contribution >= 0.6 is 11.6 Å². The molecule has 0 aliphatic carbocycles. The molecular formula is C14H18ClN3. The van der Waals surface area contributed by atoms with E-state index in [9.17, 15) is 0 Å². The number of piperazine rings is 1. The zero-order valence-electron chi connectivity index (χ0n) is 10.4. The third kappa shape index (κ3) is 2.39. The molecule has 1 aliphatic rings. The molecule has 1 saturated heterocycles. The Bertz CT molecular complexity index is 529. The number of hydrogen-bond donors (Lipinski definition) is 2. The number of rotatable bonds is 3. The summed E-state index contributed by atoms with van der Waals surface area (Å²) in [6, 6.07) is 6.10. The second-order valence-electron chi connectivity index (χ2n) is 4.82. The summed E-state index contributed by atoms with van der Waals surface area (Å²) in [4.78, 5) is 5.80. The van der Waals surface area contributed by atoms with Crippen molar-refractivity contribution in [2.45, 2.75) is 6.42 Å². The Morgan fingerprint density at radius 2 is 2.06 bits per heavy atom. The molecule has 3 nitrogen and oxygen atoms in total. The topological polar surface area (TPSA) is 31.1 Å². The summed E-state index contributed by atoms with van der Waals surface area (Å²) in [5, 5.41) is 5.45. The highest BCUT2D eigenvalue weighted by atomic mass is 35.5. The molecule has 1 fully saturated rings. The molecule has 1 aliphatic heterocycles. The third-order valence-corrected chi connectivity index (χ3v) is 3.97. The van der Waals surface area contributed by atoms with Crippen molar-refractivity contribution in [2.24, 2.45) is 0 Å².